The lowest BCUT2D eigenvalue weighted by atomic mass is 9.33. The molecule has 0 atom stereocenters. The summed E-state index contributed by atoms with van der Waals surface area (Å²) in [6.45, 7) is 0.00358. The zero-order valence-electron chi connectivity index (χ0n) is 31.6. The molecule has 58 heavy (non-hydrogen) atoms. The predicted octanol–water partition coefficient (Wildman–Crippen LogP) is 11.4. The highest BCUT2D eigenvalue weighted by Crippen LogP contribution is 2.46. The maximum atomic E-state index is 4.49. The Kier molecular flexibility index (Phi) is 8.18. The van der Waals surface area contributed by atoms with Gasteiger partial charge in [0.2, 0.25) is 0 Å². The fourth-order valence-corrected chi connectivity index (χ4v) is 8.88. The molecule has 0 radical (unpaired) electrons. The summed E-state index contributed by atoms with van der Waals surface area (Å²) in [7, 11) is 0. The maximum Gasteiger partial charge on any atom is 0.252 e. The van der Waals surface area contributed by atoms with Crippen molar-refractivity contribution in [1.82, 2.24) is 9.97 Å². The number of para-hydroxylation sites is 4. The summed E-state index contributed by atoms with van der Waals surface area (Å²) in [6, 6.07) is 69.9. The maximum absolute atomic E-state index is 4.49. The van der Waals surface area contributed by atoms with Crippen LogP contribution in [0.2, 0.25) is 0 Å². The quantitative estimate of drug-likeness (QED) is 0.152. The SMILES string of the molecule is c1ccc(N(c2ccccc2)c2ccc3c(c2)N(c2ccccc2)c2cccc4c2B3c2ccccc2N4c2cc(-c3cccnc3)cc(-c3cccnc3)c2)cc1. The van der Waals surface area contributed by atoms with E-state index in [1.807, 2.05) is 36.9 Å². The molecule has 0 unspecified atom stereocenters. The summed E-state index contributed by atoms with van der Waals surface area (Å²) in [5.41, 5.74) is 18.3. The lowest BCUT2D eigenvalue weighted by Gasteiger charge is -2.44. The Bertz CT molecular complexity index is 2810. The van der Waals surface area contributed by atoms with Crippen molar-refractivity contribution in [3.8, 4) is 22.3 Å². The highest BCUT2D eigenvalue weighted by molar-refractivity contribution is 7.00. The number of nitrogens with zero attached hydrogens (tertiary/aromatic N) is 5. The first kappa shape index (κ1) is 33.6. The Balaban J connectivity index is 1.15. The summed E-state index contributed by atoms with van der Waals surface area (Å²) in [5, 5.41) is 0. The molecule has 2 aromatic heterocycles. The largest absolute Gasteiger partial charge is 0.311 e. The van der Waals surface area contributed by atoms with Crippen LogP contribution in [0.5, 0.6) is 0 Å². The van der Waals surface area contributed by atoms with Gasteiger partial charge in [0.15, 0.2) is 0 Å². The predicted molar refractivity (Wildman–Crippen MR) is 242 cm³/mol. The van der Waals surface area contributed by atoms with E-state index in [1.165, 1.54) is 22.1 Å². The normalized spacial score (nSPS) is 12.4. The average molecular weight is 742 g/mol. The number of fused-ring (bicyclic) bond motifs is 4. The number of aromatic nitrogens is 2. The second-order valence-corrected chi connectivity index (χ2v) is 14.7. The molecule has 0 saturated carbocycles. The molecule has 0 bridgehead atoms. The van der Waals surface area contributed by atoms with Crippen LogP contribution in [0.4, 0.5) is 51.2 Å². The molecule has 0 N–H and O–H groups in total. The van der Waals surface area contributed by atoms with Gasteiger partial charge < -0.3 is 14.7 Å². The molecule has 0 fully saturated rings. The third-order valence-corrected chi connectivity index (χ3v) is 11.4. The Morgan fingerprint density at radius 2 is 0.897 bits per heavy atom. The van der Waals surface area contributed by atoms with Gasteiger partial charge in [-0.2, -0.15) is 0 Å². The van der Waals surface area contributed by atoms with E-state index in [9.17, 15) is 0 Å². The van der Waals surface area contributed by atoms with E-state index in [-0.39, 0.29) is 6.71 Å². The molecular weight excluding hydrogens is 705 g/mol. The Morgan fingerprint density at radius 3 is 1.50 bits per heavy atom. The third kappa shape index (κ3) is 5.65. The third-order valence-electron chi connectivity index (χ3n) is 11.4. The average Bonchev–Trinajstić information content (AvgIpc) is 3.30. The van der Waals surface area contributed by atoms with Crippen LogP contribution in [0.3, 0.4) is 0 Å². The van der Waals surface area contributed by atoms with Crippen LogP contribution in [0.25, 0.3) is 22.3 Å². The monoisotopic (exact) mass is 741 g/mol. The summed E-state index contributed by atoms with van der Waals surface area (Å²) in [4.78, 5) is 16.3. The molecule has 7 aromatic carbocycles. The number of pyridine rings is 2. The van der Waals surface area contributed by atoms with E-state index >= 15 is 0 Å². The van der Waals surface area contributed by atoms with E-state index in [0.29, 0.717) is 0 Å². The molecule has 2 aliphatic heterocycles. The molecule has 11 rings (SSSR count). The van der Waals surface area contributed by atoms with Crippen molar-refractivity contribution in [3.05, 3.63) is 219 Å². The molecule has 272 valence electrons. The van der Waals surface area contributed by atoms with Gasteiger partial charge in [-0.3, -0.25) is 9.97 Å². The van der Waals surface area contributed by atoms with Crippen molar-refractivity contribution in [2.24, 2.45) is 0 Å². The molecule has 2 aliphatic rings. The molecule has 6 heteroatoms. The van der Waals surface area contributed by atoms with Gasteiger partial charge in [-0.25, -0.2) is 0 Å². The molecule has 0 amide bonds. The van der Waals surface area contributed by atoms with Crippen LogP contribution in [-0.2, 0) is 0 Å². The minimum Gasteiger partial charge on any atom is -0.311 e. The van der Waals surface area contributed by atoms with Crippen LogP contribution in [0.15, 0.2) is 219 Å². The van der Waals surface area contributed by atoms with Gasteiger partial charge >= 0.3 is 0 Å². The number of benzene rings is 7. The van der Waals surface area contributed by atoms with Crippen LogP contribution in [-0.4, -0.2) is 16.7 Å². The van der Waals surface area contributed by atoms with Crippen molar-refractivity contribution in [3.63, 3.8) is 0 Å². The second-order valence-electron chi connectivity index (χ2n) is 14.7. The van der Waals surface area contributed by atoms with Gasteiger partial charge in [0, 0.05) is 87.1 Å². The van der Waals surface area contributed by atoms with E-state index < -0.39 is 0 Å². The first-order valence-electron chi connectivity index (χ1n) is 19.7. The van der Waals surface area contributed by atoms with E-state index in [0.717, 1.165) is 67.8 Å². The zero-order chi connectivity index (χ0) is 38.4. The smallest absolute Gasteiger partial charge is 0.252 e. The highest BCUT2D eigenvalue weighted by Gasteiger charge is 2.43. The van der Waals surface area contributed by atoms with Crippen molar-refractivity contribution < 1.29 is 0 Å². The van der Waals surface area contributed by atoms with Crippen molar-refractivity contribution >= 4 is 74.3 Å². The lowest BCUT2D eigenvalue weighted by molar-refractivity contribution is 1.24. The van der Waals surface area contributed by atoms with Crippen LogP contribution < -0.4 is 31.1 Å². The summed E-state index contributed by atoms with van der Waals surface area (Å²) in [6.07, 6.45) is 7.53. The standard InChI is InChI=1S/C52H36BN5/c1-4-17-41(18-5-1)56(42-19-6-2-7-20-42)44-27-28-47-51(34-44)57(43-21-8-3-9-22-43)49-25-12-26-50-52(49)53(47)46-23-10-11-24-48(46)58(50)45-32-39(37-15-13-29-54-35-37)31-40(33-45)38-16-14-30-55-36-38/h1-36H. The Labute approximate surface area is 338 Å². The molecule has 4 heterocycles. The van der Waals surface area contributed by atoms with E-state index in [2.05, 4.69) is 207 Å². The topological polar surface area (TPSA) is 35.5 Å². The van der Waals surface area contributed by atoms with Crippen LogP contribution in [0.1, 0.15) is 0 Å². The molecule has 0 spiro atoms. The number of anilines is 9. The van der Waals surface area contributed by atoms with Gasteiger partial charge in [-0.1, -0.05) is 97.1 Å². The fraction of sp³-hybridized carbons (Fsp3) is 0. The van der Waals surface area contributed by atoms with Crippen LogP contribution in [0, 0.1) is 0 Å². The van der Waals surface area contributed by atoms with Gasteiger partial charge in [0.05, 0.1) is 0 Å². The second kappa shape index (κ2) is 14.1. The van der Waals surface area contributed by atoms with Crippen molar-refractivity contribution in [2.45, 2.75) is 0 Å². The zero-order valence-corrected chi connectivity index (χ0v) is 31.6. The Morgan fingerprint density at radius 1 is 0.362 bits per heavy atom. The summed E-state index contributed by atoms with van der Waals surface area (Å²) >= 11 is 0. The van der Waals surface area contributed by atoms with Gasteiger partial charge in [0.1, 0.15) is 0 Å². The molecular formula is C52H36BN5. The van der Waals surface area contributed by atoms with Crippen molar-refractivity contribution in [2.75, 3.05) is 14.7 Å². The minimum absolute atomic E-state index is 0.00358. The molecule has 5 nitrogen and oxygen atoms in total. The fourth-order valence-electron chi connectivity index (χ4n) is 8.88. The van der Waals surface area contributed by atoms with Gasteiger partial charge in [-0.05, 0) is 125 Å². The summed E-state index contributed by atoms with van der Waals surface area (Å²) < 4.78 is 0. The van der Waals surface area contributed by atoms with E-state index in [1.54, 1.807) is 0 Å². The lowest BCUT2D eigenvalue weighted by Crippen LogP contribution is -2.61. The van der Waals surface area contributed by atoms with Gasteiger partial charge in [0.25, 0.3) is 6.71 Å². The van der Waals surface area contributed by atoms with Gasteiger partial charge in [-0.15, -0.1) is 0 Å². The van der Waals surface area contributed by atoms with Crippen LogP contribution >= 0.6 is 0 Å². The first-order valence-corrected chi connectivity index (χ1v) is 19.7. The molecule has 9 aromatic rings. The Hall–Kier alpha value is -7.70. The number of rotatable bonds is 7. The van der Waals surface area contributed by atoms with Crippen molar-refractivity contribution in [1.29, 1.82) is 0 Å². The number of hydrogen-bond donors (Lipinski definition) is 0. The minimum atomic E-state index is 0.00358. The first-order chi connectivity index (χ1) is 28.8. The summed E-state index contributed by atoms with van der Waals surface area (Å²) in [5.74, 6) is 0. The molecule has 0 saturated heterocycles. The molecule has 0 aliphatic carbocycles. The highest BCUT2D eigenvalue weighted by atomic mass is 15.2. The number of hydrogen-bond acceptors (Lipinski definition) is 5. The van der Waals surface area contributed by atoms with E-state index in [4.69, 9.17) is 0 Å².